The second kappa shape index (κ2) is 7.58. The van der Waals surface area contributed by atoms with Crippen LogP contribution >= 0.6 is 23.3 Å². The van der Waals surface area contributed by atoms with Gasteiger partial charge in [-0.2, -0.15) is 0 Å². The Labute approximate surface area is 153 Å². The van der Waals surface area contributed by atoms with E-state index < -0.39 is 5.97 Å². The molecule has 0 amide bonds. The van der Waals surface area contributed by atoms with Crippen LogP contribution in [-0.4, -0.2) is 23.2 Å². The number of carboxylic acids is 1. The minimum atomic E-state index is -0.986. The number of methoxy groups -OCH3 is 1. The highest BCUT2D eigenvalue weighted by atomic mass is 32.2. The number of anilines is 1. The van der Waals surface area contributed by atoms with Crippen molar-refractivity contribution in [1.82, 2.24) is 4.98 Å². The second-order valence-electron chi connectivity index (χ2n) is 5.28. The number of nitrogens with one attached hydrogen (secondary N) is 1. The van der Waals surface area contributed by atoms with E-state index in [0.717, 1.165) is 15.6 Å². The highest BCUT2D eigenvalue weighted by Gasteiger charge is 2.10. The molecule has 2 aromatic carbocycles. The summed E-state index contributed by atoms with van der Waals surface area (Å²) in [6.45, 7) is 2.06. The van der Waals surface area contributed by atoms with Gasteiger partial charge in [0.05, 0.1) is 18.4 Å². The Hall–Kier alpha value is -2.51. The summed E-state index contributed by atoms with van der Waals surface area (Å²) in [4.78, 5) is 15.7. The van der Waals surface area contributed by atoms with Crippen LogP contribution in [0.4, 0.5) is 5.69 Å². The number of hydrogen-bond acceptors (Lipinski definition) is 6. The molecule has 25 heavy (non-hydrogen) atoms. The van der Waals surface area contributed by atoms with Crippen LogP contribution in [0.3, 0.4) is 0 Å². The number of hydrogen-bond donors (Lipinski definition) is 2. The second-order valence-corrected chi connectivity index (χ2v) is 6.97. The fourth-order valence-corrected chi connectivity index (χ4v) is 3.83. The molecule has 0 fully saturated rings. The van der Waals surface area contributed by atoms with E-state index in [0.29, 0.717) is 11.4 Å². The zero-order valence-corrected chi connectivity index (χ0v) is 15.3. The first-order chi connectivity index (χ1) is 12.1. The first-order valence-corrected chi connectivity index (χ1v) is 9.13. The molecule has 0 aliphatic heterocycles. The van der Waals surface area contributed by atoms with Crippen molar-refractivity contribution in [2.45, 2.75) is 11.9 Å². The Balaban J connectivity index is 1.73. The molecule has 1 heterocycles. The van der Waals surface area contributed by atoms with Gasteiger partial charge in [0.15, 0.2) is 0 Å². The molecule has 0 aliphatic rings. The van der Waals surface area contributed by atoms with Crippen LogP contribution in [0.25, 0.3) is 10.6 Å². The molecule has 2 N–H and O–H groups in total. The summed E-state index contributed by atoms with van der Waals surface area (Å²) < 4.78 is 8.42. The topological polar surface area (TPSA) is 71.5 Å². The van der Waals surface area contributed by atoms with Crippen molar-refractivity contribution in [3.8, 4) is 16.3 Å². The molecule has 0 bridgehead atoms. The predicted octanol–water partition coefficient (Wildman–Crippen LogP) is 4.94. The Morgan fingerprint density at radius 1 is 1.28 bits per heavy atom. The first-order valence-electron chi connectivity index (χ1n) is 7.43. The Bertz CT molecular complexity index is 909. The minimum absolute atomic E-state index is 0.183. The first kappa shape index (κ1) is 17.3. The number of carbonyl (C=O) groups is 1. The molecule has 5 nitrogen and oxygen atoms in total. The lowest BCUT2D eigenvalue weighted by molar-refractivity contribution is 0.0696. The van der Waals surface area contributed by atoms with Crippen LogP contribution in [0.5, 0.6) is 5.75 Å². The highest BCUT2D eigenvalue weighted by Crippen LogP contribution is 2.32. The molecule has 0 atom stereocenters. The largest absolute Gasteiger partial charge is 0.495 e. The number of aryl methyl sites for hydroxylation is 1. The fourth-order valence-electron chi connectivity index (χ4n) is 2.23. The van der Waals surface area contributed by atoms with Crippen molar-refractivity contribution < 1.29 is 14.6 Å². The monoisotopic (exact) mass is 372 g/mol. The molecule has 0 saturated carbocycles. The maximum Gasteiger partial charge on any atom is 0.335 e. The van der Waals surface area contributed by atoms with Crippen molar-refractivity contribution in [3.63, 3.8) is 0 Å². The van der Waals surface area contributed by atoms with Gasteiger partial charge in [0, 0.05) is 22.9 Å². The van der Waals surface area contributed by atoms with Gasteiger partial charge >= 0.3 is 5.97 Å². The fraction of sp³-hybridized carbons (Fsp3) is 0.111. The van der Waals surface area contributed by atoms with Crippen molar-refractivity contribution in [2.75, 3.05) is 11.8 Å². The molecule has 0 unspecified atom stereocenters. The SMILES string of the molecule is COc1cc(C(=O)O)ccc1NSc1csc(-c2cccc(C)c2)n1. The number of carboxylic acid groups (broad SMARTS) is 1. The number of aromatic nitrogens is 1. The molecule has 3 aromatic rings. The average Bonchev–Trinajstić information content (AvgIpc) is 3.08. The number of rotatable bonds is 6. The van der Waals surface area contributed by atoms with Gasteiger partial charge in [0.2, 0.25) is 0 Å². The quantitative estimate of drug-likeness (QED) is 0.597. The lowest BCUT2D eigenvalue weighted by Gasteiger charge is -2.10. The van der Waals surface area contributed by atoms with Crippen LogP contribution in [0.1, 0.15) is 15.9 Å². The van der Waals surface area contributed by atoms with E-state index in [9.17, 15) is 4.79 Å². The van der Waals surface area contributed by atoms with Gasteiger partial charge in [0.25, 0.3) is 0 Å². The maximum atomic E-state index is 11.0. The van der Waals surface area contributed by atoms with Gasteiger partial charge in [-0.1, -0.05) is 23.8 Å². The van der Waals surface area contributed by atoms with E-state index in [-0.39, 0.29) is 5.56 Å². The van der Waals surface area contributed by atoms with Crippen molar-refractivity contribution >= 4 is 34.9 Å². The van der Waals surface area contributed by atoms with Crippen molar-refractivity contribution in [2.24, 2.45) is 0 Å². The molecule has 0 spiro atoms. The lowest BCUT2D eigenvalue weighted by atomic mass is 10.1. The van der Waals surface area contributed by atoms with Crippen LogP contribution in [0.2, 0.25) is 0 Å². The van der Waals surface area contributed by atoms with E-state index >= 15 is 0 Å². The summed E-state index contributed by atoms with van der Waals surface area (Å²) in [6, 6.07) is 12.9. The zero-order chi connectivity index (χ0) is 17.8. The third-order valence-corrected chi connectivity index (χ3v) is 5.24. The molecule has 7 heteroatoms. The predicted molar refractivity (Wildman–Crippen MR) is 102 cm³/mol. The molecule has 1 aromatic heterocycles. The van der Waals surface area contributed by atoms with E-state index in [1.165, 1.54) is 36.8 Å². The van der Waals surface area contributed by atoms with Gasteiger partial charge in [-0.3, -0.25) is 0 Å². The van der Waals surface area contributed by atoms with E-state index in [4.69, 9.17) is 9.84 Å². The van der Waals surface area contributed by atoms with Crippen LogP contribution in [0.15, 0.2) is 52.9 Å². The molecule has 3 rings (SSSR count). The molecule has 0 aliphatic carbocycles. The molecular weight excluding hydrogens is 356 g/mol. The Morgan fingerprint density at radius 2 is 2.12 bits per heavy atom. The number of aromatic carboxylic acids is 1. The van der Waals surface area contributed by atoms with Crippen LogP contribution in [0, 0.1) is 6.92 Å². The van der Waals surface area contributed by atoms with Gasteiger partial charge in [-0.25, -0.2) is 9.78 Å². The summed E-state index contributed by atoms with van der Waals surface area (Å²) >= 11 is 2.94. The summed E-state index contributed by atoms with van der Waals surface area (Å²) in [5, 5.41) is 12.8. The summed E-state index contributed by atoms with van der Waals surface area (Å²) in [7, 11) is 1.51. The number of thiazole rings is 1. The van der Waals surface area contributed by atoms with E-state index in [2.05, 4.69) is 28.8 Å². The van der Waals surface area contributed by atoms with Gasteiger partial charge in [-0.05, 0) is 31.2 Å². The summed E-state index contributed by atoms with van der Waals surface area (Å²) in [6.07, 6.45) is 0. The molecule has 128 valence electrons. The highest BCUT2D eigenvalue weighted by molar-refractivity contribution is 8.00. The molecule has 0 saturated heterocycles. The zero-order valence-electron chi connectivity index (χ0n) is 13.6. The third-order valence-electron chi connectivity index (χ3n) is 3.46. The molecule has 0 radical (unpaired) electrons. The standard InChI is InChI=1S/C18H16N2O3S2/c1-11-4-3-5-12(8-11)17-19-16(10-24-17)25-20-14-7-6-13(18(21)22)9-15(14)23-2/h3-10,20H,1-2H3,(H,21,22). The van der Waals surface area contributed by atoms with E-state index in [1.807, 2.05) is 17.5 Å². The van der Waals surface area contributed by atoms with Crippen molar-refractivity contribution in [1.29, 1.82) is 0 Å². The van der Waals surface area contributed by atoms with Crippen molar-refractivity contribution in [3.05, 3.63) is 59.0 Å². The number of ether oxygens (including phenoxy) is 1. The number of benzene rings is 2. The summed E-state index contributed by atoms with van der Waals surface area (Å²) in [5.74, 6) is -0.513. The molecular formula is C18H16N2O3S2. The maximum absolute atomic E-state index is 11.0. The van der Waals surface area contributed by atoms with Crippen LogP contribution < -0.4 is 9.46 Å². The van der Waals surface area contributed by atoms with Gasteiger partial charge in [0.1, 0.15) is 15.8 Å². The Morgan fingerprint density at radius 3 is 2.84 bits per heavy atom. The summed E-state index contributed by atoms with van der Waals surface area (Å²) in [5.41, 5.74) is 3.17. The average molecular weight is 372 g/mol. The third kappa shape index (κ3) is 4.12. The van der Waals surface area contributed by atoms with Gasteiger partial charge < -0.3 is 14.6 Å². The smallest absolute Gasteiger partial charge is 0.335 e. The van der Waals surface area contributed by atoms with E-state index in [1.54, 1.807) is 17.4 Å². The lowest BCUT2D eigenvalue weighted by Crippen LogP contribution is -1.99. The normalized spacial score (nSPS) is 10.5. The minimum Gasteiger partial charge on any atom is -0.495 e. The van der Waals surface area contributed by atoms with Crippen LogP contribution in [-0.2, 0) is 0 Å². The Kier molecular flexibility index (Phi) is 5.25. The number of nitrogens with zero attached hydrogens (tertiary/aromatic N) is 1. The van der Waals surface area contributed by atoms with Gasteiger partial charge in [-0.15, -0.1) is 11.3 Å².